The summed E-state index contributed by atoms with van der Waals surface area (Å²) in [6.07, 6.45) is 2.08. The van der Waals surface area contributed by atoms with E-state index in [1.807, 2.05) is 18.2 Å². The summed E-state index contributed by atoms with van der Waals surface area (Å²) >= 11 is 0. The van der Waals surface area contributed by atoms with Crippen molar-refractivity contribution >= 4 is 5.71 Å². The third kappa shape index (κ3) is 3.63. The molecule has 0 bridgehead atoms. The van der Waals surface area contributed by atoms with E-state index >= 15 is 0 Å². The van der Waals surface area contributed by atoms with Gasteiger partial charge in [-0.25, -0.2) is 0 Å². The summed E-state index contributed by atoms with van der Waals surface area (Å²) in [7, 11) is 1.60. The quantitative estimate of drug-likeness (QED) is 0.511. The number of hydrogen-bond donors (Lipinski definition) is 1. The fourth-order valence-electron chi connectivity index (χ4n) is 2.19. The summed E-state index contributed by atoms with van der Waals surface area (Å²) < 4.78 is 16.5. The minimum absolute atomic E-state index is 0.536. The van der Waals surface area contributed by atoms with Gasteiger partial charge in [0.25, 0.3) is 0 Å². The molecule has 1 aliphatic rings. The molecular weight excluding hydrogens is 258 g/mol. The van der Waals surface area contributed by atoms with Crippen molar-refractivity contribution in [3.63, 3.8) is 0 Å². The Kier molecular flexibility index (Phi) is 5.24. The molecule has 0 atom stereocenters. The van der Waals surface area contributed by atoms with Crippen LogP contribution in [0.4, 0.5) is 0 Å². The van der Waals surface area contributed by atoms with Gasteiger partial charge in [0, 0.05) is 18.8 Å². The van der Waals surface area contributed by atoms with E-state index in [-0.39, 0.29) is 0 Å². The maximum Gasteiger partial charge on any atom is 0.161 e. The highest BCUT2D eigenvalue weighted by Gasteiger charge is 2.16. The maximum absolute atomic E-state index is 8.80. The predicted octanol–water partition coefficient (Wildman–Crippen LogP) is 2.70. The number of rotatable bonds is 5. The van der Waals surface area contributed by atoms with E-state index in [1.165, 1.54) is 0 Å². The first-order valence-corrected chi connectivity index (χ1v) is 6.82. The summed E-state index contributed by atoms with van der Waals surface area (Å²) in [5.41, 5.74) is 1.35. The zero-order valence-corrected chi connectivity index (χ0v) is 12.0. The summed E-state index contributed by atoms with van der Waals surface area (Å²) in [5.74, 6) is 1.90. The van der Waals surface area contributed by atoms with Gasteiger partial charge < -0.3 is 19.4 Å². The van der Waals surface area contributed by atoms with Gasteiger partial charge in [-0.2, -0.15) is 0 Å². The van der Waals surface area contributed by atoms with Crippen LogP contribution >= 0.6 is 0 Å². The van der Waals surface area contributed by atoms with E-state index in [0.29, 0.717) is 29.7 Å². The van der Waals surface area contributed by atoms with Crippen LogP contribution in [-0.2, 0) is 4.74 Å². The normalized spacial score (nSPS) is 17.0. The van der Waals surface area contributed by atoms with Crippen molar-refractivity contribution in [1.82, 2.24) is 0 Å². The molecule has 2 rings (SSSR count). The number of methoxy groups -OCH3 is 1. The first kappa shape index (κ1) is 14.7. The molecule has 1 aliphatic heterocycles. The highest BCUT2D eigenvalue weighted by molar-refractivity contribution is 5.98. The van der Waals surface area contributed by atoms with Crippen molar-refractivity contribution in [2.45, 2.75) is 19.8 Å². The molecule has 1 fully saturated rings. The Balaban J connectivity index is 2.03. The van der Waals surface area contributed by atoms with Crippen LogP contribution in [0.3, 0.4) is 0 Å². The summed E-state index contributed by atoms with van der Waals surface area (Å²) in [5, 5.41) is 12.0. The third-order valence-corrected chi connectivity index (χ3v) is 3.55. The molecule has 0 unspecified atom stereocenters. The first-order chi connectivity index (χ1) is 9.74. The van der Waals surface area contributed by atoms with Gasteiger partial charge in [-0.15, -0.1) is 0 Å². The van der Waals surface area contributed by atoms with Crippen molar-refractivity contribution in [1.29, 1.82) is 0 Å². The zero-order chi connectivity index (χ0) is 14.4. The predicted molar refractivity (Wildman–Crippen MR) is 76.0 cm³/mol. The van der Waals surface area contributed by atoms with Gasteiger partial charge in [0.05, 0.1) is 19.4 Å². The first-order valence-electron chi connectivity index (χ1n) is 6.82. The monoisotopic (exact) mass is 279 g/mol. The van der Waals surface area contributed by atoms with Crippen LogP contribution < -0.4 is 9.47 Å². The van der Waals surface area contributed by atoms with Crippen molar-refractivity contribution in [2.24, 2.45) is 11.1 Å². The van der Waals surface area contributed by atoms with Crippen molar-refractivity contribution in [2.75, 3.05) is 26.9 Å². The molecule has 0 aliphatic carbocycles. The highest BCUT2D eigenvalue weighted by atomic mass is 16.5. The van der Waals surface area contributed by atoms with Gasteiger partial charge in [0.15, 0.2) is 11.5 Å². The van der Waals surface area contributed by atoms with E-state index in [0.717, 1.165) is 31.6 Å². The van der Waals surface area contributed by atoms with Crippen molar-refractivity contribution in [3.05, 3.63) is 23.8 Å². The molecule has 1 saturated heterocycles. The molecule has 0 spiro atoms. The Hall–Kier alpha value is -1.75. The SMILES string of the molecule is COc1cc(C(C)=NO)ccc1OCC1CCOCC1. The lowest BCUT2D eigenvalue weighted by Gasteiger charge is -2.22. The van der Waals surface area contributed by atoms with Crippen LogP contribution in [0.1, 0.15) is 25.3 Å². The number of hydrogen-bond acceptors (Lipinski definition) is 5. The molecule has 1 heterocycles. The van der Waals surface area contributed by atoms with Crippen LogP contribution in [0.25, 0.3) is 0 Å². The summed E-state index contributed by atoms with van der Waals surface area (Å²) in [6.45, 7) is 4.04. The molecule has 0 aromatic heterocycles. The fourth-order valence-corrected chi connectivity index (χ4v) is 2.19. The highest BCUT2D eigenvalue weighted by Crippen LogP contribution is 2.29. The minimum atomic E-state index is 0.536. The van der Waals surface area contributed by atoms with Crippen LogP contribution in [0.5, 0.6) is 11.5 Å². The standard InChI is InChI=1S/C15H21NO4/c1-11(16-17)13-3-4-14(15(9-13)18-2)20-10-12-5-7-19-8-6-12/h3-4,9,12,17H,5-8,10H2,1-2H3. The van der Waals surface area contributed by atoms with Crippen LogP contribution in [-0.4, -0.2) is 37.8 Å². The molecule has 110 valence electrons. The van der Waals surface area contributed by atoms with Gasteiger partial charge in [0.2, 0.25) is 0 Å². The van der Waals surface area contributed by atoms with Gasteiger partial charge in [0.1, 0.15) is 0 Å². The average molecular weight is 279 g/mol. The molecule has 0 radical (unpaired) electrons. The fraction of sp³-hybridized carbons (Fsp3) is 0.533. The van der Waals surface area contributed by atoms with Gasteiger partial charge in [-0.05, 0) is 43.9 Å². The van der Waals surface area contributed by atoms with E-state index in [1.54, 1.807) is 14.0 Å². The molecule has 1 aromatic rings. The Morgan fingerprint density at radius 1 is 1.35 bits per heavy atom. The topological polar surface area (TPSA) is 60.3 Å². The third-order valence-electron chi connectivity index (χ3n) is 3.55. The second-order valence-electron chi connectivity index (χ2n) is 4.92. The van der Waals surface area contributed by atoms with Crippen LogP contribution in [0.15, 0.2) is 23.4 Å². The van der Waals surface area contributed by atoms with Crippen LogP contribution in [0.2, 0.25) is 0 Å². The molecule has 0 saturated carbocycles. The molecular formula is C15H21NO4. The summed E-state index contributed by atoms with van der Waals surface area (Å²) in [6, 6.07) is 5.52. The number of benzene rings is 1. The Bertz CT molecular complexity index is 467. The number of ether oxygens (including phenoxy) is 3. The minimum Gasteiger partial charge on any atom is -0.493 e. The molecule has 5 nitrogen and oxygen atoms in total. The number of oxime groups is 1. The molecule has 0 amide bonds. The van der Waals surface area contributed by atoms with E-state index in [2.05, 4.69) is 5.16 Å². The zero-order valence-electron chi connectivity index (χ0n) is 12.0. The average Bonchev–Trinajstić information content (AvgIpc) is 2.53. The van der Waals surface area contributed by atoms with E-state index < -0.39 is 0 Å². The van der Waals surface area contributed by atoms with Gasteiger partial charge in [-0.1, -0.05) is 5.16 Å². The van der Waals surface area contributed by atoms with Crippen molar-refractivity contribution < 1.29 is 19.4 Å². The van der Waals surface area contributed by atoms with E-state index in [4.69, 9.17) is 19.4 Å². The smallest absolute Gasteiger partial charge is 0.161 e. The lowest BCUT2D eigenvalue weighted by Crippen LogP contribution is -2.21. The Labute approximate surface area is 119 Å². The Morgan fingerprint density at radius 2 is 2.10 bits per heavy atom. The molecule has 1 aromatic carbocycles. The lowest BCUT2D eigenvalue weighted by atomic mass is 10.0. The second-order valence-corrected chi connectivity index (χ2v) is 4.92. The lowest BCUT2D eigenvalue weighted by molar-refractivity contribution is 0.0493. The second kappa shape index (κ2) is 7.14. The number of nitrogens with zero attached hydrogens (tertiary/aromatic N) is 1. The Morgan fingerprint density at radius 3 is 2.75 bits per heavy atom. The van der Waals surface area contributed by atoms with Gasteiger partial charge >= 0.3 is 0 Å². The van der Waals surface area contributed by atoms with Gasteiger partial charge in [-0.3, -0.25) is 0 Å². The molecule has 5 heteroatoms. The van der Waals surface area contributed by atoms with Crippen molar-refractivity contribution in [3.8, 4) is 11.5 Å². The molecule has 20 heavy (non-hydrogen) atoms. The largest absolute Gasteiger partial charge is 0.493 e. The maximum atomic E-state index is 8.80. The summed E-state index contributed by atoms with van der Waals surface area (Å²) in [4.78, 5) is 0. The van der Waals surface area contributed by atoms with E-state index in [9.17, 15) is 0 Å². The molecule has 1 N–H and O–H groups in total. The van der Waals surface area contributed by atoms with Crippen LogP contribution in [0, 0.1) is 5.92 Å².